The van der Waals surface area contributed by atoms with E-state index in [-0.39, 0.29) is 82.6 Å². The van der Waals surface area contributed by atoms with Crippen LogP contribution in [0, 0.1) is 0 Å². The fraction of sp³-hybridized carbons (Fsp3) is 0.259. The van der Waals surface area contributed by atoms with Crippen molar-refractivity contribution in [2.75, 3.05) is 37.7 Å². The van der Waals surface area contributed by atoms with Crippen molar-refractivity contribution in [1.29, 1.82) is 0 Å². The number of ether oxygens (including phenoxy) is 1. The van der Waals surface area contributed by atoms with E-state index in [1.165, 1.54) is 6.07 Å². The van der Waals surface area contributed by atoms with Gasteiger partial charge in [-0.05, 0) is 33.9 Å². The number of aliphatic carboxylic acids is 1. The molecule has 3 aromatic carbocycles. The van der Waals surface area contributed by atoms with Crippen LogP contribution in [0.5, 0.6) is 0 Å². The Labute approximate surface area is 261 Å². The summed E-state index contributed by atoms with van der Waals surface area (Å²) in [6, 6.07) is 19.5. The zero-order valence-corrected chi connectivity index (χ0v) is 24.1. The Balaban J connectivity index is 0.00000336. The number of amides is 1. The minimum absolute atomic E-state index is 0. The predicted octanol–water partition coefficient (Wildman–Crippen LogP) is 1.44. The van der Waals surface area contributed by atoms with Crippen LogP contribution >= 0.6 is 0 Å². The molecule has 1 fully saturated rings. The Morgan fingerprint density at radius 2 is 1.47 bits per heavy atom. The van der Waals surface area contributed by atoms with Gasteiger partial charge < -0.3 is 32.6 Å². The second-order valence-corrected chi connectivity index (χ2v) is 9.36. The summed E-state index contributed by atoms with van der Waals surface area (Å²) >= 11 is 0. The molecule has 11 heteroatoms. The second-order valence-electron chi connectivity index (χ2n) is 9.36. The number of carbonyl (C=O) groups is 2. The van der Waals surface area contributed by atoms with Crippen LogP contribution in [0.15, 0.2) is 66.7 Å². The molecule has 0 bridgehead atoms. The van der Waals surface area contributed by atoms with Crippen LogP contribution in [0.1, 0.15) is 22.6 Å². The molecule has 0 spiro atoms. The summed E-state index contributed by atoms with van der Waals surface area (Å²) in [4.78, 5) is 27.2. The van der Waals surface area contributed by atoms with Gasteiger partial charge in [-0.2, -0.15) is 0 Å². The molecule has 1 heterocycles. The van der Waals surface area contributed by atoms with Gasteiger partial charge in [0.1, 0.15) is 6.61 Å². The monoisotopic (exact) mass is 548 g/mol. The Morgan fingerprint density at radius 1 is 0.895 bits per heavy atom. The molecular weight excluding hydrogens is 523 g/mol. The van der Waals surface area contributed by atoms with Crippen LogP contribution in [-0.4, -0.2) is 61.8 Å². The molecule has 1 N–H and O–H groups in total. The number of piperazine rings is 1. The summed E-state index contributed by atoms with van der Waals surface area (Å²) < 4.78 is 46.0. The second kappa shape index (κ2) is 11.8. The molecule has 2 aliphatic rings. The van der Waals surface area contributed by atoms with Gasteiger partial charge >= 0.3 is 70.4 Å². The van der Waals surface area contributed by atoms with Gasteiger partial charge in [0.2, 0.25) is 0 Å². The molecule has 6 nitrogen and oxygen atoms in total. The molecule has 1 aliphatic carbocycles. The van der Waals surface area contributed by atoms with Crippen molar-refractivity contribution in [2.45, 2.75) is 12.3 Å². The minimum atomic E-state index is -5.28. The van der Waals surface area contributed by atoms with Crippen molar-refractivity contribution in [3.8, 4) is 11.1 Å². The third-order valence-electron chi connectivity index (χ3n) is 6.97. The normalized spacial score (nSPS) is 14.9. The average Bonchev–Trinajstić information content (AvgIpc) is 3.20. The Morgan fingerprint density at radius 3 is 2.03 bits per heavy atom. The number of benzene rings is 3. The number of halogens is 3. The van der Waals surface area contributed by atoms with Crippen molar-refractivity contribution in [3.05, 3.63) is 83.4 Å². The molecule has 0 saturated carbocycles. The number of carbonyl (C=O) groups excluding carboxylic acids is 1. The summed E-state index contributed by atoms with van der Waals surface area (Å²) in [6.07, 6.45) is -0.951. The molecule has 38 heavy (non-hydrogen) atoms. The molecule has 3 aromatic rings. The van der Waals surface area contributed by atoms with Crippen LogP contribution in [-0.2, 0) is 16.0 Å². The van der Waals surface area contributed by atoms with Crippen molar-refractivity contribution in [1.82, 2.24) is 4.90 Å². The largest absolute Gasteiger partial charge is 1.00 e. The number of anilines is 1. The van der Waals surface area contributed by atoms with Gasteiger partial charge in [-0.15, -0.1) is 5.46 Å². The first kappa shape index (κ1) is 28.7. The van der Waals surface area contributed by atoms with E-state index >= 15 is 0 Å². The Kier molecular flexibility index (Phi) is 8.93. The Bertz CT molecular complexity index is 1300. The van der Waals surface area contributed by atoms with Gasteiger partial charge in [0, 0.05) is 37.8 Å². The number of nitrogens with zero attached hydrogens (tertiary/aromatic N) is 2. The van der Waals surface area contributed by atoms with Crippen molar-refractivity contribution < 1.29 is 83.8 Å². The Hall–Kier alpha value is -2.31. The van der Waals surface area contributed by atoms with Crippen molar-refractivity contribution >= 4 is 30.2 Å². The number of fused-ring (bicyclic) bond motifs is 3. The summed E-state index contributed by atoms with van der Waals surface area (Å²) in [7, 11) is 0. The smallest absolute Gasteiger partial charge is 0.481 e. The van der Waals surface area contributed by atoms with Crippen LogP contribution in [0.4, 0.5) is 23.4 Å². The van der Waals surface area contributed by atoms with Gasteiger partial charge in [0.25, 0.3) is 0 Å². The van der Waals surface area contributed by atoms with E-state index in [2.05, 4.69) is 12.1 Å². The van der Waals surface area contributed by atoms with Crippen molar-refractivity contribution in [2.24, 2.45) is 0 Å². The molecule has 1 amide bonds. The van der Waals surface area contributed by atoms with E-state index < -0.39 is 30.9 Å². The van der Waals surface area contributed by atoms with E-state index in [1.807, 2.05) is 36.4 Å². The van der Waals surface area contributed by atoms with Gasteiger partial charge in [0.15, 0.2) is 0 Å². The van der Waals surface area contributed by atoms with Crippen LogP contribution < -0.4 is 61.7 Å². The molecule has 0 unspecified atom stereocenters. The molecular formula is C27H25BF3KN2O4. The summed E-state index contributed by atoms with van der Waals surface area (Å²) in [6.45, 7) is -3.89. The number of hydrogen-bond acceptors (Lipinski definition) is 4. The van der Waals surface area contributed by atoms with E-state index in [0.717, 1.165) is 34.4 Å². The maximum atomic E-state index is 13.4. The summed E-state index contributed by atoms with van der Waals surface area (Å²) in [5, 5.41) is 9.05. The van der Waals surface area contributed by atoms with Gasteiger partial charge in [-0.25, -0.2) is 4.79 Å². The maximum Gasteiger partial charge on any atom is 1.00 e. The van der Waals surface area contributed by atoms with Crippen molar-refractivity contribution in [3.63, 3.8) is 0 Å². The van der Waals surface area contributed by atoms with Crippen LogP contribution in [0.3, 0.4) is 0 Å². The van der Waals surface area contributed by atoms with E-state index in [1.54, 1.807) is 9.80 Å². The molecule has 0 aromatic heterocycles. The first-order valence-electron chi connectivity index (χ1n) is 12.1. The molecule has 192 valence electrons. The van der Waals surface area contributed by atoms with E-state index in [0.29, 0.717) is 18.8 Å². The van der Waals surface area contributed by atoms with Crippen LogP contribution in [0.25, 0.3) is 11.1 Å². The first-order valence-corrected chi connectivity index (χ1v) is 12.1. The van der Waals surface area contributed by atoms with E-state index in [4.69, 9.17) is 9.84 Å². The molecule has 0 radical (unpaired) electrons. The third kappa shape index (κ3) is 6.12. The molecule has 0 atom stereocenters. The standard InChI is InChI=1S/C27H25BF3N2O4.K/c29-28(30,31)19-13-18(15-26(34)35)14-20(16-19)32-9-11-33(12-10-32)27(36)37-17-25-23-7-3-1-5-21(23)22-6-2-4-8-24(22)25;/h1-8,13-14,16,25H,9-12,15,17H2,(H,34,35);/q-1;+1. The number of rotatable bonds is 6. The topological polar surface area (TPSA) is 70.1 Å². The maximum absolute atomic E-state index is 13.4. The minimum Gasteiger partial charge on any atom is -0.481 e. The summed E-state index contributed by atoms with van der Waals surface area (Å²) in [5.41, 5.74) is 4.08. The molecule has 1 saturated heterocycles. The average molecular weight is 548 g/mol. The van der Waals surface area contributed by atoms with Gasteiger partial charge in [0.05, 0.1) is 6.42 Å². The fourth-order valence-electron chi connectivity index (χ4n) is 5.18. The molecule has 5 rings (SSSR count). The SMILES string of the molecule is O=C(O)Cc1cc(N2CCN(C(=O)OCC3c4ccccc4-c4ccccc43)CC2)cc([B-](F)(F)F)c1.[K+]. The summed E-state index contributed by atoms with van der Waals surface area (Å²) in [5.74, 6) is -1.25. The predicted molar refractivity (Wildman–Crippen MR) is 135 cm³/mol. The number of hydrogen-bond donors (Lipinski definition) is 1. The molecule has 1 aliphatic heterocycles. The zero-order valence-electron chi connectivity index (χ0n) is 20.9. The van der Waals surface area contributed by atoms with Gasteiger partial charge in [-0.1, -0.05) is 60.7 Å². The zero-order chi connectivity index (χ0) is 26.2. The quantitative estimate of drug-likeness (QED) is 0.473. The van der Waals surface area contributed by atoms with Crippen LogP contribution in [0.2, 0.25) is 0 Å². The number of carboxylic acid groups (broad SMARTS) is 1. The fourth-order valence-corrected chi connectivity index (χ4v) is 5.18. The van der Waals surface area contributed by atoms with E-state index in [9.17, 15) is 22.5 Å². The first-order chi connectivity index (χ1) is 17.7. The third-order valence-corrected chi connectivity index (χ3v) is 6.97. The number of carboxylic acids is 1. The van der Waals surface area contributed by atoms with Gasteiger partial charge in [-0.3, -0.25) is 4.79 Å².